The van der Waals surface area contributed by atoms with E-state index >= 15 is 0 Å². The second-order valence-electron chi connectivity index (χ2n) is 5.62. The fraction of sp³-hybridized carbons (Fsp3) is 0.500. The van der Waals surface area contributed by atoms with Crippen molar-refractivity contribution in [3.63, 3.8) is 0 Å². The van der Waals surface area contributed by atoms with Crippen molar-refractivity contribution < 1.29 is 14.6 Å². The number of aliphatic hydroxyl groups excluding tert-OH is 1. The molecule has 1 aromatic rings. The molecule has 0 fully saturated rings. The van der Waals surface area contributed by atoms with Gasteiger partial charge < -0.3 is 9.84 Å². The van der Waals surface area contributed by atoms with E-state index < -0.39 is 6.10 Å². The maximum Gasteiger partial charge on any atom is 0.302 e. The average Bonchev–Trinajstić information content (AvgIpc) is 2.49. The molecule has 1 aromatic carbocycles. The highest BCUT2D eigenvalue weighted by atomic mass is 16.5. The summed E-state index contributed by atoms with van der Waals surface area (Å²) in [4.78, 5) is 11.3. The van der Waals surface area contributed by atoms with Gasteiger partial charge in [-0.3, -0.25) is 4.79 Å². The number of ether oxygens (including phenoxy) is 1. The number of carbonyl (C=O) groups is 1. The van der Waals surface area contributed by atoms with E-state index in [0.29, 0.717) is 6.42 Å². The molecule has 0 spiro atoms. The highest BCUT2D eigenvalue weighted by Crippen LogP contribution is 2.23. The molecule has 0 radical (unpaired) electrons. The van der Waals surface area contributed by atoms with Gasteiger partial charge >= 0.3 is 5.97 Å². The molecule has 21 heavy (non-hydrogen) atoms. The van der Waals surface area contributed by atoms with Gasteiger partial charge in [0.1, 0.15) is 6.10 Å². The van der Waals surface area contributed by atoms with E-state index in [1.54, 1.807) is 6.08 Å². The van der Waals surface area contributed by atoms with Crippen molar-refractivity contribution in [3.05, 3.63) is 48.6 Å². The van der Waals surface area contributed by atoms with Crippen molar-refractivity contribution in [1.29, 1.82) is 0 Å². The molecule has 0 amide bonds. The van der Waals surface area contributed by atoms with Gasteiger partial charge in [0, 0.05) is 18.8 Å². The summed E-state index contributed by atoms with van der Waals surface area (Å²) in [5.41, 5.74) is 1.20. The molecule has 0 aliphatic heterocycles. The van der Waals surface area contributed by atoms with E-state index in [0.717, 1.165) is 6.42 Å². The van der Waals surface area contributed by atoms with Gasteiger partial charge in [0.15, 0.2) is 0 Å². The third kappa shape index (κ3) is 5.72. The van der Waals surface area contributed by atoms with Crippen LogP contribution in [0.3, 0.4) is 0 Å². The van der Waals surface area contributed by atoms with Gasteiger partial charge in [-0.25, -0.2) is 0 Å². The third-order valence-electron chi connectivity index (χ3n) is 3.91. The molecule has 0 aromatic heterocycles. The lowest BCUT2D eigenvalue weighted by Crippen LogP contribution is -2.36. The molecule has 0 heterocycles. The fourth-order valence-electron chi connectivity index (χ4n) is 2.43. The Bertz CT molecular complexity index is 441. The first-order valence-corrected chi connectivity index (χ1v) is 7.47. The highest BCUT2D eigenvalue weighted by Gasteiger charge is 2.29. The Morgan fingerprint density at radius 2 is 1.95 bits per heavy atom. The number of carbonyl (C=O) groups excluding carboxylic acids is 1. The highest BCUT2D eigenvalue weighted by molar-refractivity contribution is 5.66. The minimum atomic E-state index is -0.567. The molecule has 116 valence electrons. The molecule has 0 bridgehead atoms. The minimum absolute atomic E-state index is 0.0326. The maximum absolute atomic E-state index is 11.3. The van der Waals surface area contributed by atoms with Gasteiger partial charge in [-0.15, -0.1) is 6.58 Å². The van der Waals surface area contributed by atoms with Crippen LogP contribution in [0.2, 0.25) is 0 Å². The average molecular weight is 290 g/mol. The molecule has 0 aliphatic rings. The second-order valence-corrected chi connectivity index (χ2v) is 5.62. The summed E-state index contributed by atoms with van der Waals surface area (Å²) in [6.45, 7) is 8.95. The van der Waals surface area contributed by atoms with Crippen LogP contribution in [0.25, 0.3) is 0 Å². The van der Waals surface area contributed by atoms with Crippen molar-refractivity contribution >= 4 is 5.97 Å². The molecule has 0 saturated carbocycles. The number of aliphatic hydroxyl groups is 1. The first-order valence-electron chi connectivity index (χ1n) is 7.47. The Balaban J connectivity index is 2.70. The SMILES string of the molecule is C=C[C@H](C)[C@@H](O)[C@H](C)[C@@H](CCc1ccccc1)OC(C)=O. The van der Waals surface area contributed by atoms with Gasteiger partial charge in [0.2, 0.25) is 0 Å². The fourth-order valence-corrected chi connectivity index (χ4v) is 2.43. The maximum atomic E-state index is 11.3. The Hall–Kier alpha value is -1.61. The van der Waals surface area contributed by atoms with Crippen LogP contribution in [0.5, 0.6) is 0 Å². The van der Waals surface area contributed by atoms with E-state index in [2.05, 4.69) is 18.7 Å². The lowest BCUT2D eigenvalue weighted by molar-refractivity contribution is -0.152. The third-order valence-corrected chi connectivity index (χ3v) is 3.91. The van der Waals surface area contributed by atoms with Crippen LogP contribution in [0.15, 0.2) is 43.0 Å². The summed E-state index contributed by atoms with van der Waals surface area (Å²) in [6.07, 6.45) is 2.38. The van der Waals surface area contributed by atoms with Crippen LogP contribution >= 0.6 is 0 Å². The molecular weight excluding hydrogens is 264 g/mol. The summed E-state index contributed by atoms with van der Waals surface area (Å²) < 4.78 is 5.42. The van der Waals surface area contributed by atoms with Gasteiger partial charge in [0.05, 0.1) is 6.10 Å². The number of esters is 1. The molecule has 3 heteroatoms. The largest absolute Gasteiger partial charge is 0.462 e. The zero-order valence-corrected chi connectivity index (χ0v) is 13.2. The number of hydrogen-bond acceptors (Lipinski definition) is 3. The number of rotatable bonds is 8. The molecule has 3 nitrogen and oxygen atoms in total. The standard InChI is InChI=1S/C18H26O3/c1-5-13(2)18(20)14(3)17(21-15(4)19)12-11-16-9-7-6-8-10-16/h5-10,13-14,17-18,20H,1,11-12H2,2-4H3/t13-,14+,17+,18+/m0/s1. The summed E-state index contributed by atoms with van der Waals surface area (Å²) in [6, 6.07) is 10.1. The number of hydrogen-bond donors (Lipinski definition) is 1. The van der Waals surface area contributed by atoms with Crippen LogP contribution in [-0.4, -0.2) is 23.3 Å². The molecule has 0 unspecified atom stereocenters. The van der Waals surface area contributed by atoms with Gasteiger partial charge in [-0.1, -0.05) is 50.3 Å². The van der Waals surface area contributed by atoms with Crippen molar-refractivity contribution in [2.24, 2.45) is 11.8 Å². The van der Waals surface area contributed by atoms with Gasteiger partial charge in [-0.05, 0) is 18.4 Å². The van der Waals surface area contributed by atoms with Gasteiger partial charge in [-0.2, -0.15) is 0 Å². The Kier molecular flexibility index (Phi) is 7.17. The summed E-state index contributed by atoms with van der Waals surface area (Å²) in [5.74, 6) is -0.473. The Morgan fingerprint density at radius 3 is 2.48 bits per heavy atom. The molecule has 0 saturated heterocycles. The summed E-state index contributed by atoms with van der Waals surface area (Å²) in [5, 5.41) is 10.3. The van der Waals surface area contributed by atoms with E-state index in [1.165, 1.54) is 12.5 Å². The zero-order chi connectivity index (χ0) is 15.8. The summed E-state index contributed by atoms with van der Waals surface area (Å²) >= 11 is 0. The van der Waals surface area contributed by atoms with Crippen LogP contribution in [0, 0.1) is 11.8 Å². The first kappa shape index (κ1) is 17.4. The minimum Gasteiger partial charge on any atom is -0.462 e. The first-order chi connectivity index (χ1) is 9.95. The molecule has 1 rings (SSSR count). The van der Waals surface area contributed by atoms with Crippen molar-refractivity contribution in [3.8, 4) is 0 Å². The lowest BCUT2D eigenvalue weighted by atomic mass is 9.87. The van der Waals surface area contributed by atoms with Crippen LogP contribution < -0.4 is 0 Å². The predicted octanol–water partition coefficient (Wildman–Crippen LogP) is 3.37. The molecule has 4 atom stereocenters. The number of benzene rings is 1. The summed E-state index contributed by atoms with van der Waals surface area (Å²) in [7, 11) is 0. The van der Waals surface area contributed by atoms with Crippen LogP contribution in [-0.2, 0) is 16.0 Å². The normalized spacial score (nSPS) is 16.6. The monoisotopic (exact) mass is 290 g/mol. The van der Waals surface area contributed by atoms with E-state index in [9.17, 15) is 9.90 Å². The Morgan fingerprint density at radius 1 is 1.33 bits per heavy atom. The quantitative estimate of drug-likeness (QED) is 0.590. The van der Waals surface area contributed by atoms with E-state index in [4.69, 9.17) is 4.74 Å². The van der Waals surface area contributed by atoms with E-state index in [-0.39, 0.29) is 23.9 Å². The number of aryl methyl sites for hydroxylation is 1. The smallest absolute Gasteiger partial charge is 0.302 e. The van der Waals surface area contributed by atoms with Crippen molar-refractivity contribution in [1.82, 2.24) is 0 Å². The van der Waals surface area contributed by atoms with Crippen molar-refractivity contribution in [2.45, 2.75) is 45.8 Å². The van der Waals surface area contributed by atoms with Crippen molar-refractivity contribution in [2.75, 3.05) is 0 Å². The van der Waals surface area contributed by atoms with Crippen LogP contribution in [0.1, 0.15) is 32.8 Å². The Labute approximate surface area is 127 Å². The topological polar surface area (TPSA) is 46.5 Å². The molecule has 0 aliphatic carbocycles. The predicted molar refractivity (Wildman–Crippen MR) is 84.8 cm³/mol. The van der Waals surface area contributed by atoms with Crippen LogP contribution in [0.4, 0.5) is 0 Å². The second kappa shape index (κ2) is 8.63. The molecule has 1 N–H and O–H groups in total. The molecular formula is C18H26O3. The van der Waals surface area contributed by atoms with Gasteiger partial charge in [0.25, 0.3) is 0 Å². The zero-order valence-electron chi connectivity index (χ0n) is 13.2. The lowest BCUT2D eigenvalue weighted by Gasteiger charge is -2.30. The van der Waals surface area contributed by atoms with E-state index in [1.807, 2.05) is 32.0 Å².